The summed E-state index contributed by atoms with van der Waals surface area (Å²) in [6.45, 7) is 5.75. The topological polar surface area (TPSA) is 128 Å². The van der Waals surface area contributed by atoms with Crippen molar-refractivity contribution in [2.24, 2.45) is 0 Å². The van der Waals surface area contributed by atoms with Gasteiger partial charge in [-0.3, -0.25) is 29.9 Å². The lowest BCUT2D eigenvalue weighted by atomic mass is 10.3. The number of nitro groups is 1. The van der Waals surface area contributed by atoms with Gasteiger partial charge in [0.15, 0.2) is 22.3 Å². The number of rotatable bonds is 8. The number of carbonyl (C=O) groups excluding carboxylic acids is 1. The summed E-state index contributed by atoms with van der Waals surface area (Å²) in [5.41, 5.74) is 0.641. The Kier molecular flexibility index (Phi) is 6.14. The molecule has 0 atom stereocenters. The van der Waals surface area contributed by atoms with Crippen molar-refractivity contribution in [3.8, 4) is 16.5 Å². The maximum Gasteiger partial charge on any atom is 0.269 e. The van der Waals surface area contributed by atoms with Gasteiger partial charge in [-0.05, 0) is 31.3 Å². The molecule has 0 bridgehead atoms. The number of non-ortho nitro benzene ring substituents is 1. The first-order chi connectivity index (χ1) is 13.9. The number of nitro benzene ring substituents is 1. The van der Waals surface area contributed by atoms with Crippen molar-refractivity contribution in [1.82, 2.24) is 19.7 Å². The molecule has 29 heavy (non-hydrogen) atoms. The SMILES string of the molecule is C=CCn1c(-c2sc(NC(=O)COc3ccc([N+](=O)[O-])cc3)nc2C)n[nH]c1=S. The molecule has 0 aliphatic heterocycles. The molecule has 0 aliphatic carbocycles. The number of ether oxygens (including phenoxy) is 1. The van der Waals surface area contributed by atoms with E-state index in [1.165, 1.54) is 35.6 Å². The number of H-pyrrole nitrogens is 1. The highest BCUT2D eigenvalue weighted by molar-refractivity contribution is 7.71. The quantitative estimate of drug-likeness (QED) is 0.241. The van der Waals surface area contributed by atoms with Crippen LogP contribution in [0.2, 0.25) is 0 Å². The second-order valence-electron chi connectivity index (χ2n) is 5.77. The van der Waals surface area contributed by atoms with Crippen LogP contribution in [-0.2, 0) is 11.3 Å². The summed E-state index contributed by atoms with van der Waals surface area (Å²) in [7, 11) is 0. The van der Waals surface area contributed by atoms with Gasteiger partial charge in [-0.1, -0.05) is 17.4 Å². The molecule has 1 amide bonds. The molecule has 10 nitrogen and oxygen atoms in total. The molecule has 0 radical (unpaired) electrons. The number of carbonyl (C=O) groups is 1. The zero-order valence-corrected chi connectivity index (χ0v) is 16.9. The van der Waals surface area contributed by atoms with Crippen LogP contribution >= 0.6 is 23.6 Å². The fraction of sp³-hybridized carbons (Fsp3) is 0.176. The molecule has 0 aliphatic rings. The number of allylic oxidation sites excluding steroid dienone is 1. The number of nitrogens with one attached hydrogen (secondary N) is 2. The standard InChI is InChI=1S/C17H16N6O4S2/c1-3-8-22-15(20-21-17(22)28)14-10(2)18-16(29-14)19-13(24)9-27-12-6-4-11(5-7-12)23(25)26/h3-7H,1,8-9H2,2H3,(H,21,28)(H,18,19,24). The van der Waals surface area contributed by atoms with Crippen molar-refractivity contribution in [3.05, 3.63) is 57.5 Å². The zero-order valence-electron chi connectivity index (χ0n) is 15.2. The third-order valence-electron chi connectivity index (χ3n) is 3.73. The van der Waals surface area contributed by atoms with Gasteiger partial charge in [0.05, 0.1) is 15.5 Å². The van der Waals surface area contributed by atoms with E-state index in [4.69, 9.17) is 17.0 Å². The van der Waals surface area contributed by atoms with Crippen LogP contribution < -0.4 is 10.1 Å². The summed E-state index contributed by atoms with van der Waals surface area (Å²) in [6, 6.07) is 5.47. The molecule has 0 fully saturated rings. The van der Waals surface area contributed by atoms with Crippen molar-refractivity contribution in [2.75, 3.05) is 11.9 Å². The molecule has 1 aromatic carbocycles. The Morgan fingerprint density at radius 2 is 2.21 bits per heavy atom. The van der Waals surface area contributed by atoms with E-state index in [2.05, 4.69) is 27.1 Å². The second-order valence-corrected chi connectivity index (χ2v) is 7.16. The molecule has 150 valence electrons. The Bertz CT molecular complexity index is 1120. The van der Waals surface area contributed by atoms with Gasteiger partial charge in [-0.15, -0.1) is 6.58 Å². The second kappa shape index (κ2) is 8.75. The van der Waals surface area contributed by atoms with E-state index >= 15 is 0 Å². The number of benzene rings is 1. The predicted octanol–water partition coefficient (Wildman–Crippen LogP) is 3.48. The van der Waals surface area contributed by atoms with Gasteiger partial charge in [-0.2, -0.15) is 5.10 Å². The molecule has 3 aromatic rings. The summed E-state index contributed by atoms with van der Waals surface area (Å²) in [4.78, 5) is 27.4. The van der Waals surface area contributed by atoms with Crippen LogP contribution in [0, 0.1) is 21.8 Å². The summed E-state index contributed by atoms with van der Waals surface area (Å²) < 4.78 is 7.60. The van der Waals surface area contributed by atoms with Gasteiger partial charge in [0, 0.05) is 18.7 Å². The summed E-state index contributed by atoms with van der Waals surface area (Å²) >= 11 is 6.48. The largest absolute Gasteiger partial charge is 0.484 e. The fourth-order valence-electron chi connectivity index (χ4n) is 2.42. The number of anilines is 1. The summed E-state index contributed by atoms with van der Waals surface area (Å²) in [6.07, 6.45) is 1.71. The number of hydrogen-bond acceptors (Lipinski definition) is 8. The summed E-state index contributed by atoms with van der Waals surface area (Å²) in [5, 5.41) is 20.7. The minimum Gasteiger partial charge on any atom is -0.484 e. The highest BCUT2D eigenvalue weighted by Gasteiger charge is 2.17. The van der Waals surface area contributed by atoms with Gasteiger partial charge < -0.3 is 4.74 Å². The Hall–Kier alpha value is -3.38. The van der Waals surface area contributed by atoms with E-state index < -0.39 is 10.8 Å². The van der Waals surface area contributed by atoms with E-state index in [0.717, 1.165) is 4.88 Å². The van der Waals surface area contributed by atoms with E-state index in [-0.39, 0.29) is 12.3 Å². The third-order valence-corrected chi connectivity index (χ3v) is 5.11. The average Bonchev–Trinajstić information content (AvgIpc) is 3.23. The van der Waals surface area contributed by atoms with E-state index in [1.54, 1.807) is 10.6 Å². The number of nitrogens with zero attached hydrogens (tertiary/aromatic N) is 4. The van der Waals surface area contributed by atoms with Crippen LogP contribution in [0.5, 0.6) is 5.75 Å². The smallest absolute Gasteiger partial charge is 0.269 e. The van der Waals surface area contributed by atoms with Crippen LogP contribution in [0.3, 0.4) is 0 Å². The number of hydrogen-bond donors (Lipinski definition) is 2. The maximum absolute atomic E-state index is 12.2. The lowest BCUT2D eigenvalue weighted by Gasteiger charge is -2.05. The monoisotopic (exact) mass is 432 g/mol. The molecule has 2 aromatic heterocycles. The van der Waals surface area contributed by atoms with Crippen LogP contribution in [0.4, 0.5) is 10.8 Å². The van der Waals surface area contributed by atoms with Gasteiger partial charge in [0.2, 0.25) is 0 Å². The molecular formula is C17H16N6O4S2. The van der Waals surface area contributed by atoms with Crippen molar-refractivity contribution in [3.63, 3.8) is 0 Å². The number of aromatic nitrogens is 4. The first kappa shape index (κ1) is 20.4. The van der Waals surface area contributed by atoms with Crippen molar-refractivity contribution < 1.29 is 14.5 Å². The molecule has 0 spiro atoms. The maximum atomic E-state index is 12.2. The van der Waals surface area contributed by atoms with Crippen molar-refractivity contribution >= 4 is 40.3 Å². The zero-order chi connectivity index (χ0) is 21.0. The van der Waals surface area contributed by atoms with Crippen LogP contribution in [0.15, 0.2) is 36.9 Å². The number of aromatic amines is 1. The molecule has 0 saturated carbocycles. The van der Waals surface area contributed by atoms with E-state index in [9.17, 15) is 14.9 Å². The average molecular weight is 432 g/mol. The first-order valence-electron chi connectivity index (χ1n) is 8.30. The van der Waals surface area contributed by atoms with Gasteiger partial charge in [0.25, 0.3) is 11.6 Å². The normalized spacial score (nSPS) is 10.5. The van der Waals surface area contributed by atoms with Crippen molar-refractivity contribution in [1.29, 1.82) is 0 Å². The predicted molar refractivity (Wildman–Crippen MR) is 111 cm³/mol. The molecule has 2 N–H and O–H groups in total. The third kappa shape index (κ3) is 4.73. The van der Waals surface area contributed by atoms with Crippen LogP contribution in [0.1, 0.15) is 5.69 Å². The van der Waals surface area contributed by atoms with Crippen molar-refractivity contribution in [2.45, 2.75) is 13.5 Å². The molecule has 0 saturated heterocycles. The number of thiazole rings is 1. The van der Waals surface area contributed by atoms with Gasteiger partial charge >= 0.3 is 0 Å². The fourth-order valence-corrected chi connectivity index (χ4v) is 3.60. The lowest BCUT2D eigenvalue weighted by Crippen LogP contribution is -2.20. The van der Waals surface area contributed by atoms with E-state index in [0.29, 0.717) is 33.7 Å². The molecule has 0 unspecified atom stereocenters. The Labute approximate surface area is 174 Å². The molecule has 12 heteroatoms. The number of amides is 1. The molecular weight excluding hydrogens is 416 g/mol. The molecule has 3 rings (SSSR count). The van der Waals surface area contributed by atoms with Gasteiger partial charge in [-0.25, -0.2) is 4.98 Å². The van der Waals surface area contributed by atoms with Gasteiger partial charge in [0.1, 0.15) is 5.75 Å². The Balaban J connectivity index is 1.66. The highest BCUT2D eigenvalue weighted by atomic mass is 32.1. The number of aryl methyl sites for hydroxylation is 1. The van der Waals surface area contributed by atoms with Crippen LogP contribution in [0.25, 0.3) is 10.7 Å². The Morgan fingerprint density at radius 1 is 1.48 bits per heavy atom. The summed E-state index contributed by atoms with van der Waals surface area (Å²) in [5.74, 6) is 0.558. The highest BCUT2D eigenvalue weighted by Crippen LogP contribution is 2.31. The first-order valence-corrected chi connectivity index (χ1v) is 9.52. The van der Waals surface area contributed by atoms with Crippen LogP contribution in [-0.4, -0.2) is 37.2 Å². The molecule has 2 heterocycles. The minimum absolute atomic E-state index is 0.0538. The Morgan fingerprint density at radius 3 is 2.86 bits per heavy atom. The lowest BCUT2D eigenvalue weighted by molar-refractivity contribution is -0.384. The minimum atomic E-state index is -0.508. The van der Waals surface area contributed by atoms with E-state index in [1.807, 2.05) is 6.92 Å².